The third kappa shape index (κ3) is 3.75. The fourth-order valence-electron chi connectivity index (χ4n) is 4.52. The molecule has 1 aromatic heterocycles. The van der Waals surface area contributed by atoms with Crippen molar-refractivity contribution in [2.45, 2.75) is 18.3 Å². The van der Waals surface area contributed by atoms with Gasteiger partial charge in [0.2, 0.25) is 11.9 Å². The Kier molecular flexibility index (Phi) is 5.42. The van der Waals surface area contributed by atoms with Gasteiger partial charge in [0.25, 0.3) is 0 Å². The highest BCUT2D eigenvalue weighted by molar-refractivity contribution is 6.13. The lowest BCUT2D eigenvalue weighted by Crippen LogP contribution is -2.38. The second kappa shape index (κ2) is 8.19. The largest absolute Gasteiger partial charge is 0.289 e. The van der Waals surface area contributed by atoms with Crippen molar-refractivity contribution in [1.82, 2.24) is 4.98 Å². The number of aromatic nitrogens is 1. The van der Waals surface area contributed by atoms with Crippen LogP contribution in [0.4, 0.5) is 8.78 Å². The number of allylic oxidation sites excluding steroid dienone is 3. The summed E-state index contributed by atoms with van der Waals surface area (Å²) in [6.07, 6.45) is 4.70. The highest BCUT2D eigenvalue weighted by atomic mass is 19.1. The molecule has 2 aromatic carbocycles. The first-order chi connectivity index (χ1) is 14.9. The summed E-state index contributed by atoms with van der Waals surface area (Å²) in [7, 11) is 0. The molecule has 0 amide bonds. The number of fused-ring (bicyclic) bond motifs is 2. The van der Waals surface area contributed by atoms with Crippen molar-refractivity contribution in [1.29, 1.82) is 5.41 Å². The van der Waals surface area contributed by atoms with E-state index in [9.17, 15) is 13.6 Å². The Balaban J connectivity index is 2.02. The van der Waals surface area contributed by atoms with E-state index in [-0.39, 0.29) is 12.2 Å². The minimum Gasteiger partial charge on any atom is -0.289 e. The number of pyridine rings is 1. The van der Waals surface area contributed by atoms with Gasteiger partial charge >= 0.3 is 0 Å². The molecule has 5 heteroatoms. The topological polar surface area (TPSA) is 53.8 Å². The normalized spacial score (nSPS) is 14.5. The van der Waals surface area contributed by atoms with Gasteiger partial charge < -0.3 is 0 Å². The Labute approximate surface area is 179 Å². The molecule has 1 N–H and O–H groups in total. The number of nitrogens with zero attached hydrogens (tertiary/aromatic N) is 1. The van der Waals surface area contributed by atoms with Gasteiger partial charge in [-0.15, -0.1) is 0 Å². The molecular formula is C26H20F2N2O. The maximum atomic E-state index is 13.9. The average molecular weight is 414 g/mol. The van der Waals surface area contributed by atoms with Crippen LogP contribution < -0.4 is 0 Å². The number of carbonyl (C=O) groups is 1. The number of benzene rings is 2. The van der Waals surface area contributed by atoms with Crippen LogP contribution in [0.15, 0.2) is 91.2 Å². The molecule has 0 saturated heterocycles. The van der Waals surface area contributed by atoms with Crippen LogP contribution in [0.1, 0.15) is 39.0 Å². The Morgan fingerprint density at radius 1 is 1.06 bits per heavy atom. The molecule has 0 atom stereocenters. The van der Waals surface area contributed by atoms with Crippen LogP contribution in [0.25, 0.3) is 0 Å². The zero-order valence-corrected chi connectivity index (χ0v) is 16.7. The predicted molar refractivity (Wildman–Crippen MR) is 117 cm³/mol. The lowest BCUT2D eigenvalue weighted by molar-refractivity contribution is 0.102. The summed E-state index contributed by atoms with van der Waals surface area (Å²) in [5.41, 5.74) is 3.13. The standard InChI is InChI=1S/C26H20F2N2O/c1-2-17(13-23(27)29)15-26(16-18-11-12-30-24(28)14-18)21-9-5-3-7-19(21)25(31)20-8-4-6-10-22(20)26/h2-14,29H,1,15-16H2/b17-13+,29-23?. The van der Waals surface area contributed by atoms with E-state index in [2.05, 4.69) is 11.6 Å². The molecule has 0 bridgehead atoms. The van der Waals surface area contributed by atoms with E-state index in [1.165, 1.54) is 18.3 Å². The van der Waals surface area contributed by atoms with Gasteiger partial charge in [0.05, 0.1) is 0 Å². The van der Waals surface area contributed by atoms with Crippen LogP contribution in [0.5, 0.6) is 0 Å². The van der Waals surface area contributed by atoms with Gasteiger partial charge in [-0.3, -0.25) is 10.2 Å². The smallest absolute Gasteiger partial charge is 0.213 e. The monoisotopic (exact) mass is 414 g/mol. The van der Waals surface area contributed by atoms with Gasteiger partial charge in [0.15, 0.2) is 5.78 Å². The van der Waals surface area contributed by atoms with Crippen LogP contribution in [0.2, 0.25) is 0 Å². The Hall–Kier alpha value is -3.73. The molecule has 0 unspecified atom stereocenters. The van der Waals surface area contributed by atoms with Crippen LogP contribution >= 0.6 is 0 Å². The maximum Gasteiger partial charge on any atom is 0.213 e. The predicted octanol–water partition coefficient (Wildman–Crippen LogP) is 5.74. The average Bonchev–Trinajstić information content (AvgIpc) is 2.77. The first-order valence-corrected chi connectivity index (χ1v) is 9.86. The Bertz CT molecular complexity index is 1180. The zero-order chi connectivity index (χ0) is 22.0. The third-order valence-corrected chi connectivity index (χ3v) is 5.75. The summed E-state index contributed by atoms with van der Waals surface area (Å²) in [5.74, 6) is -1.75. The molecule has 0 aliphatic heterocycles. The van der Waals surface area contributed by atoms with Gasteiger partial charge in [-0.2, -0.15) is 8.78 Å². The molecule has 3 aromatic rings. The van der Waals surface area contributed by atoms with Gasteiger partial charge in [0, 0.05) is 22.7 Å². The third-order valence-electron chi connectivity index (χ3n) is 5.75. The van der Waals surface area contributed by atoms with Crippen LogP contribution in [0.3, 0.4) is 0 Å². The van der Waals surface area contributed by atoms with Gasteiger partial charge in [-0.25, -0.2) is 4.98 Å². The number of nitrogens with one attached hydrogen (secondary N) is 1. The molecule has 0 spiro atoms. The first kappa shape index (κ1) is 20.5. The maximum absolute atomic E-state index is 13.9. The van der Waals surface area contributed by atoms with Crippen molar-refractivity contribution >= 4 is 11.7 Å². The lowest BCUT2D eigenvalue weighted by Gasteiger charge is -2.41. The minimum atomic E-state index is -1.08. The summed E-state index contributed by atoms with van der Waals surface area (Å²) >= 11 is 0. The molecule has 0 fully saturated rings. The molecule has 4 rings (SSSR count). The van der Waals surface area contributed by atoms with Crippen molar-refractivity contribution in [2.24, 2.45) is 0 Å². The molecular weight excluding hydrogens is 394 g/mol. The van der Waals surface area contributed by atoms with E-state index in [0.29, 0.717) is 28.7 Å². The Morgan fingerprint density at radius 2 is 1.68 bits per heavy atom. The van der Waals surface area contributed by atoms with Crippen molar-refractivity contribution in [3.63, 3.8) is 0 Å². The zero-order valence-electron chi connectivity index (χ0n) is 16.7. The molecule has 0 radical (unpaired) electrons. The first-order valence-electron chi connectivity index (χ1n) is 9.86. The number of hydrogen-bond acceptors (Lipinski definition) is 3. The van der Waals surface area contributed by atoms with E-state index >= 15 is 0 Å². The van der Waals surface area contributed by atoms with E-state index in [4.69, 9.17) is 5.41 Å². The number of halogens is 2. The highest BCUT2D eigenvalue weighted by Gasteiger charge is 2.43. The van der Waals surface area contributed by atoms with E-state index < -0.39 is 17.3 Å². The number of hydrogen-bond donors (Lipinski definition) is 1. The second-order valence-corrected chi connectivity index (χ2v) is 7.61. The van der Waals surface area contributed by atoms with Gasteiger partial charge in [-0.1, -0.05) is 61.2 Å². The van der Waals surface area contributed by atoms with Gasteiger partial charge in [-0.05, 0) is 53.3 Å². The fourth-order valence-corrected chi connectivity index (χ4v) is 4.52. The summed E-state index contributed by atoms with van der Waals surface area (Å²) in [4.78, 5) is 16.9. The minimum absolute atomic E-state index is 0.0786. The fraction of sp³-hybridized carbons (Fsp3) is 0.115. The van der Waals surface area contributed by atoms with Crippen LogP contribution in [0, 0.1) is 11.4 Å². The van der Waals surface area contributed by atoms with Crippen molar-refractivity contribution in [2.75, 3.05) is 0 Å². The molecule has 1 aliphatic rings. The van der Waals surface area contributed by atoms with E-state index in [1.54, 1.807) is 18.2 Å². The molecule has 3 nitrogen and oxygen atoms in total. The molecule has 31 heavy (non-hydrogen) atoms. The van der Waals surface area contributed by atoms with Crippen LogP contribution in [-0.4, -0.2) is 16.7 Å². The Morgan fingerprint density at radius 3 is 2.23 bits per heavy atom. The van der Waals surface area contributed by atoms with Crippen molar-refractivity contribution in [3.05, 3.63) is 125 Å². The molecule has 1 aliphatic carbocycles. The SMILES string of the molecule is C=C/C(=C\C(=N)F)CC1(Cc2ccnc(F)c2)c2ccccc2C(=O)c2ccccc21. The van der Waals surface area contributed by atoms with E-state index in [1.807, 2.05) is 36.4 Å². The molecule has 1 heterocycles. The van der Waals surface area contributed by atoms with E-state index in [0.717, 1.165) is 17.2 Å². The molecule has 0 saturated carbocycles. The van der Waals surface area contributed by atoms with Crippen LogP contribution in [-0.2, 0) is 11.8 Å². The quantitative estimate of drug-likeness (QED) is 0.318. The summed E-state index contributed by atoms with van der Waals surface area (Å²) in [6.45, 7) is 3.79. The number of carbonyl (C=O) groups excluding carboxylic acids is 1. The van der Waals surface area contributed by atoms with Gasteiger partial charge in [0.1, 0.15) is 0 Å². The van der Waals surface area contributed by atoms with Crippen molar-refractivity contribution < 1.29 is 13.6 Å². The highest BCUT2D eigenvalue weighted by Crippen LogP contribution is 2.47. The number of ketones is 1. The molecule has 154 valence electrons. The second-order valence-electron chi connectivity index (χ2n) is 7.61. The summed E-state index contributed by atoms with van der Waals surface area (Å²) in [5, 5.41) is 7.28. The summed E-state index contributed by atoms with van der Waals surface area (Å²) in [6, 6.07) is 17.8. The lowest BCUT2D eigenvalue weighted by atomic mass is 9.61. The summed E-state index contributed by atoms with van der Waals surface area (Å²) < 4.78 is 27.4. The van der Waals surface area contributed by atoms with Crippen molar-refractivity contribution in [3.8, 4) is 0 Å². The number of rotatable bonds is 6.